The molecule has 0 bridgehead atoms. The number of nitro groups is 1. The van der Waals surface area contributed by atoms with Gasteiger partial charge in [0.05, 0.1) is 4.92 Å². The highest BCUT2D eigenvalue weighted by atomic mass is 35.5. The largest absolute Gasteiger partial charge is 0.363 e. The smallest absolute Gasteiger partial charge is 0.293 e. The minimum Gasteiger partial charge on any atom is -0.363 e. The summed E-state index contributed by atoms with van der Waals surface area (Å²) in [5.74, 6) is -0.539. The summed E-state index contributed by atoms with van der Waals surface area (Å²) in [5.41, 5.74) is 0.547. The molecule has 1 heterocycles. The third-order valence-corrected chi connectivity index (χ3v) is 3.51. The molecule has 2 rings (SSSR count). The van der Waals surface area contributed by atoms with Crippen molar-refractivity contribution in [3.05, 3.63) is 33.9 Å². The van der Waals surface area contributed by atoms with Gasteiger partial charge < -0.3 is 10.2 Å². The Morgan fingerprint density at radius 3 is 2.55 bits per heavy atom. The Bertz CT molecular complexity index is 531. The number of nitrogens with one attached hydrogen (secondary N) is 1. The Morgan fingerprint density at radius 1 is 1.35 bits per heavy atom. The molecule has 0 radical (unpaired) electrons. The van der Waals surface area contributed by atoms with Gasteiger partial charge in [-0.15, -0.1) is 0 Å². The molecule has 0 unspecified atom stereocenters. The number of nitro benzene ring substituents is 1. The second kappa shape index (κ2) is 6.39. The number of piperazine rings is 1. The summed E-state index contributed by atoms with van der Waals surface area (Å²) in [7, 11) is 0. The highest BCUT2D eigenvalue weighted by Gasteiger charge is 2.24. The average molecular weight is 318 g/mol. The maximum absolute atomic E-state index is 11.7. The monoisotopic (exact) mass is 317 g/mol. The first kappa shape index (κ1) is 15.0. The SMILES string of the molecule is O=C(c1ccc(N2CCNCC2)c([N+](=O)[O-])c1)C(Cl)Cl. The van der Waals surface area contributed by atoms with Gasteiger partial charge in [-0.05, 0) is 12.1 Å². The van der Waals surface area contributed by atoms with Crippen LogP contribution in [0.5, 0.6) is 0 Å². The lowest BCUT2D eigenvalue weighted by molar-refractivity contribution is -0.384. The van der Waals surface area contributed by atoms with E-state index in [9.17, 15) is 14.9 Å². The van der Waals surface area contributed by atoms with E-state index in [0.717, 1.165) is 13.1 Å². The second-order valence-electron chi connectivity index (χ2n) is 4.36. The second-order valence-corrected chi connectivity index (χ2v) is 5.46. The summed E-state index contributed by atoms with van der Waals surface area (Å²) in [6, 6.07) is 4.33. The van der Waals surface area contributed by atoms with E-state index in [1.807, 2.05) is 4.90 Å². The van der Waals surface area contributed by atoms with Crippen LogP contribution in [0.25, 0.3) is 0 Å². The Balaban J connectivity index is 2.37. The van der Waals surface area contributed by atoms with E-state index in [4.69, 9.17) is 23.2 Å². The van der Waals surface area contributed by atoms with Crippen LogP contribution < -0.4 is 10.2 Å². The molecule has 0 aromatic heterocycles. The summed E-state index contributed by atoms with van der Waals surface area (Å²) >= 11 is 11.0. The number of halogens is 2. The van der Waals surface area contributed by atoms with Crippen LogP contribution in [-0.2, 0) is 0 Å². The van der Waals surface area contributed by atoms with Gasteiger partial charge in [-0.3, -0.25) is 14.9 Å². The van der Waals surface area contributed by atoms with Gasteiger partial charge in [0, 0.05) is 37.8 Å². The minimum absolute atomic E-state index is 0.105. The van der Waals surface area contributed by atoms with E-state index in [1.54, 1.807) is 6.07 Å². The summed E-state index contributed by atoms with van der Waals surface area (Å²) in [6.07, 6.45) is 0. The highest BCUT2D eigenvalue weighted by Crippen LogP contribution is 2.30. The molecule has 20 heavy (non-hydrogen) atoms. The fraction of sp³-hybridized carbons (Fsp3) is 0.417. The van der Waals surface area contributed by atoms with Crippen molar-refractivity contribution in [2.24, 2.45) is 0 Å². The Morgan fingerprint density at radius 2 is 2.00 bits per heavy atom. The molecule has 0 atom stereocenters. The van der Waals surface area contributed by atoms with Crippen molar-refractivity contribution in [2.45, 2.75) is 4.84 Å². The molecule has 108 valence electrons. The number of carbonyl (C=O) groups excluding carboxylic acids is 1. The Kier molecular flexibility index (Phi) is 4.80. The van der Waals surface area contributed by atoms with Crippen LogP contribution in [0.4, 0.5) is 11.4 Å². The number of Topliss-reactive ketones (excluding diaryl/α,β-unsaturated/α-hetero) is 1. The van der Waals surface area contributed by atoms with E-state index in [-0.39, 0.29) is 11.3 Å². The number of anilines is 1. The molecule has 1 fully saturated rings. The summed E-state index contributed by atoms with van der Waals surface area (Å²) < 4.78 is 0. The molecule has 0 saturated carbocycles. The normalized spacial score (nSPS) is 15.4. The quantitative estimate of drug-likeness (QED) is 0.398. The number of benzene rings is 1. The molecular weight excluding hydrogens is 305 g/mol. The van der Waals surface area contributed by atoms with Gasteiger partial charge in [0.25, 0.3) is 5.69 Å². The molecule has 1 saturated heterocycles. The Labute approximate surface area is 125 Å². The lowest BCUT2D eigenvalue weighted by atomic mass is 10.1. The van der Waals surface area contributed by atoms with E-state index in [0.29, 0.717) is 18.8 Å². The lowest BCUT2D eigenvalue weighted by Gasteiger charge is -2.29. The fourth-order valence-electron chi connectivity index (χ4n) is 2.12. The molecule has 6 nitrogen and oxygen atoms in total. The van der Waals surface area contributed by atoms with Crippen molar-refractivity contribution in [3.63, 3.8) is 0 Å². The lowest BCUT2D eigenvalue weighted by Crippen LogP contribution is -2.43. The van der Waals surface area contributed by atoms with Crippen LogP contribution in [-0.4, -0.2) is 41.7 Å². The zero-order chi connectivity index (χ0) is 14.7. The first-order chi connectivity index (χ1) is 9.50. The first-order valence-electron chi connectivity index (χ1n) is 6.07. The van der Waals surface area contributed by atoms with E-state index >= 15 is 0 Å². The molecule has 0 aliphatic carbocycles. The molecular formula is C12H13Cl2N3O3. The van der Waals surface area contributed by atoms with Crippen molar-refractivity contribution in [1.82, 2.24) is 5.32 Å². The zero-order valence-corrected chi connectivity index (χ0v) is 12.0. The minimum atomic E-state index is -1.22. The van der Waals surface area contributed by atoms with Crippen LogP contribution in [0.3, 0.4) is 0 Å². The van der Waals surface area contributed by atoms with Crippen molar-refractivity contribution < 1.29 is 9.72 Å². The molecule has 1 N–H and O–H groups in total. The number of hydrogen-bond acceptors (Lipinski definition) is 5. The average Bonchev–Trinajstić information content (AvgIpc) is 2.46. The van der Waals surface area contributed by atoms with Gasteiger partial charge in [-0.2, -0.15) is 0 Å². The van der Waals surface area contributed by atoms with Gasteiger partial charge in [0.15, 0.2) is 10.6 Å². The van der Waals surface area contributed by atoms with Crippen LogP contribution in [0.2, 0.25) is 0 Å². The molecule has 8 heteroatoms. The van der Waals surface area contributed by atoms with Gasteiger partial charge in [-0.25, -0.2) is 0 Å². The number of alkyl halides is 2. The maximum Gasteiger partial charge on any atom is 0.293 e. The van der Waals surface area contributed by atoms with Crippen molar-refractivity contribution in [3.8, 4) is 0 Å². The number of nitrogens with zero attached hydrogens (tertiary/aromatic N) is 2. The van der Waals surface area contributed by atoms with Gasteiger partial charge in [-0.1, -0.05) is 23.2 Å². The number of hydrogen-bond donors (Lipinski definition) is 1. The van der Waals surface area contributed by atoms with Gasteiger partial charge in [0.2, 0.25) is 0 Å². The van der Waals surface area contributed by atoms with Crippen LogP contribution in [0, 0.1) is 10.1 Å². The first-order valence-corrected chi connectivity index (χ1v) is 6.94. The van der Waals surface area contributed by atoms with E-state index in [2.05, 4.69) is 5.32 Å². The number of rotatable bonds is 4. The molecule has 0 amide bonds. The van der Waals surface area contributed by atoms with Crippen LogP contribution >= 0.6 is 23.2 Å². The van der Waals surface area contributed by atoms with Crippen molar-refractivity contribution in [2.75, 3.05) is 31.1 Å². The van der Waals surface area contributed by atoms with E-state index < -0.39 is 15.5 Å². The topological polar surface area (TPSA) is 75.5 Å². The van der Waals surface area contributed by atoms with Crippen LogP contribution in [0.15, 0.2) is 18.2 Å². The van der Waals surface area contributed by atoms with Crippen molar-refractivity contribution >= 4 is 40.4 Å². The Hall–Kier alpha value is -1.37. The molecule has 0 spiro atoms. The molecule has 1 aliphatic heterocycles. The summed E-state index contributed by atoms with van der Waals surface area (Å²) in [4.78, 5) is 23.1. The summed E-state index contributed by atoms with van der Waals surface area (Å²) in [5, 5.41) is 14.4. The number of ketones is 1. The standard InChI is InChI=1S/C12H13Cl2N3O3/c13-12(14)11(18)8-1-2-9(10(7-8)17(19)20)16-5-3-15-4-6-16/h1-2,7,12,15H,3-6H2. The van der Waals surface area contributed by atoms with E-state index in [1.165, 1.54) is 12.1 Å². The summed E-state index contributed by atoms with van der Waals surface area (Å²) in [6.45, 7) is 2.90. The van der Waals surface area contributed by atoms with Crippen molar-refractivity contribution in [1.29, 1.82) is 0 Å². The predicted octanol–water partition coefficient (Wildman–Crippen LogP) is 1.99. The fourth-order valence-corrected chi connectivity index (χ4v) is 2.37. The molecule has 1 aromatic rings. The maximum atomic E-state index is 11.7. The predicted molar refractivity (Wildman–Crippen MR) is 78.0 cm³/mol. The van der Waals surface area contributed by atoms with Gasteiger partial charge in [0.1, 0.15) is 5.69 Å². The molecule has 1 aromatic carbocycles. The van der Waals surface area contributed by atoms with Gasteiger partial charge >= 0.3 is 0 Å². The third kappa shape index (κ3) is 3.20. The molecule has 1 aliphatic rings. The van der Waals surface area contributed by atoms with Crippen LogP contribution in [0.1, 0.15) is 10.4 Å². The highest BCUT2D eigenvalue weighted by molar-refractivity contribution is 6.55. The zero-order valence-electron chi connectivity index (χ0n) is 10.5. The third-order valence-electron chi connectivity index (χ3n) is 3.11. The number of carbonyl (C=O) groups is 1.